The largest absolute Gasteiger partial charge is 0.478 e. The maximum Gasteiger partial charge on any atom is 0.346 e. The molecule has 1 fully saturated rings. The van der Waals surface area contributed by atoms with Gasteiger partial charge < -0.3 is 9.84 Å². The molecule has 1 N–H and O–H groups in total. The molecule has 1 saturated carbocycles. The van der Waals surface area contributed by atoms with Crippen molar-refractivity contribution in [1.82, 2.24) is 0 Å². The average molecular weight is 374 g/mol. The molecule has 0 radical (unpaired) electrons. The summed E-state index contributed by atoms with van der Waals surface area (Å²) in [6.45, 7) is 1.53. The maximum absolute atomic E-state index is 12.9. The van der Waals surface area contributed by atoms with Gasteiger partial charge in [0.25, 0.3) is 0 Å². The van der Waals surface area contributed by atoms with E-state index < -0.39 is 23.3 Å². The molecule has 0 saturated heterocycles. The van der Waals surface area contributed by atoms with E-state index in [1.807, 2.05) is 42.5 Å². The summed E-state index contributed by atoms with van der Waals surface area (Å²) in [5.41, 5.74) is 0.413. The second-order valence-electron chi connectivity index (χ2n) is 7.07. The molecule has 5 nitrogen and oxygen atoms in total. The van der Waals surface area contributed by atoms with E-state index in [0.717, 1.165) is 16.3 Å². The number of carboxylic acid groups (broad SMARTS) is 1. The molecule has 1 aliphatic rings. The Hall–Kier alpha value is -3.47. The van der Waals surface area contributed by atoms with Crippen molar-refractivity contribution in [2.24, 2.45) is 0 Å². The predicted octanol–water partition coefficient (Wildman–Crippen LogP) is 4.26. The third-order valence-electron chi connectivity index (χ3n) is 5.42. The lowest BCUT2D eigenvalue weighted by Gasteiger charge is -2.17. The van der Waals surface area contributed by atoms with Gasteiger partial charge in [0.15, 0.2) is 0 Å². The molecule has 0 aliphatic heterocycles. The lowest BCUT2D eigenvalue weighted by molar-refractivity contribution is -0.140. The van der Waals surface area contributed by atoms with Crippen LogP contribution in [0.4, 0.5) is 0 Å². The Morgan fingerprint density at radius 3 is 2.25 bits per heavy atom. The monoisotopic (exact) mass is 374 g/mol. The molecule has 5 heteroatoms. The fourth-order valence-electron chi connectivity index (χ4n) is 3.68. The average Bonchev–Trinajstić information content (AvgIpc) is 3.49. The van der Waals surface area contributed by atoms with Crippen LogP contribution < -0.4 is 0 Å². The number of hydrogen-bond acceptors (Lipinski definition) is 4. The van der Waals surface area contributed by atoms with E-state index in [1.54, 1.807) is 0 Å². The summed E-state index contributed by atoms with van der Waals surface area (Å²) in [5, 5.41) is 11.2. The van der Waals surface area contributed by atoms with E-state index in [4.69, 9.17) is 4.74 Å². The zero-order valence-electron chi connectivity index (χ0n) is 15.3. The summed E-state index contributed by atoms with van der Waals surface area (Å²) in [7, 11) is 0. The Balaban J connectivity index is 1.65. The molecule has 0 atom stereocenters. The molecular weight excluding hydrogens is 356 g/mol. The minimum atomic E-state index is -1.13. The SMILES string of the molecule is Cc1c(C(=O)O)cccc1C(=O)OC(=O)C1(c2cccc3ccccc23)CC1. The fraction of sp³-hybridized carbons (Fsp3) is 0.174. The van der Waals surface area contributed by atoms with E-state index in [1.165, 1.54) is 25.1 Å². The van der Waals surface area contributed by atoms with Crippen molar-refractivity contribution in [3.63, 3.8) is 0 Å². The number of ether oxygens (including phenoxy) is 1. The van der Waals surface area contributed by atoms with Crippen molar-refractivity contribution in [2.75, 3.05) is 0 Å². The summed E-state index contributed by atoms with van der Waals surface area (Å²) < 4.78 is 5.21. The molecule has 0 spiro atoms. The molecule has 0 aromatic heterocycles. The first-order valence-corrected chi connectivity index (χ1v) is 9.02. The molecule has 1 aliphatic carbocycles. The van der Waals surface area contributed by atoms with Gasteiger partial charge in [0.05, 0.1) is 16.5 Å². The quantitative estimate of drug-likeness (QED) is 0.545. The van der Waals surface area contributed by atoms with Gasteiger partial charge in [0.2, 0.25) is 0 Å². The number of fused-ring (bicyclic) bond motifs is 1. The van der Waals surface area contributed by atoms with Crippen LogP contribution >= 0.6 is 0 Å². The minimum absolute atomic E-state index is 0.0112. The molecule has 0 unspecified atom stereocenters. The van der Waals surface area contributed by atoms with E-state index in [9.17, 15) is 19.5 Å². The number of rotatable bonds is 4. The Bertz CT molecular complexity index is 1120. The lowest BCUT2D eigenvalue weighted by atomic mass is 9.91. The molecule has 28 heavy (non-hydrogen) atoms. The number of carboxylic acids is 1. The second kappa shape index (κ2) is 6.60. The first-order chi connectivity index (χ1) is 13.4. The Kier molecular flexibility index (Phi) is 4.23. The van der Waals surface area contributed by atoms with Gasteiger partial charge in [-0.25, -0.2) is 9.59 Å². The topological polar surface area (TPSA) is 80.7 Å². The van der Waals surface area contributed by atoms with Crippen LogP contribution in [0, 0.1) is 6.92 Å². The van der Waals surface area contributed by atoms with Crippen molar-refractivity contribution >= 4 is 28.7 Å². The molecule has 0 bridgehead atoms. The molecule has 0 amide bonds. The van der Waals surface area contributed by atoms with Crippen LogP contribution in [-0.2, 0) is 14.9 Å². The third-order valence-corrected chi connectivity index (χ3v) is 5.42. The van der Waals surface area contributed by atoms with Gasteiger partial charge in [0.1, 0.15) is 0 Å². The van der Waals surface area contributed by atoms with Gasteiger partial charge in [-0.2, -0.15) is 0 Å². The van der Waals surface area contributed by atoms with Gasteiger partial charge in [-0.1, -0.05) is 48.5 Å². The Morgan fingerprint density at radius 1 is 0.893 bits per heavy atom. The van der Waals surface area contributed by atoms with Crippen LogP contribution in [0.25, 0.3) is 10.8 Å². The Morgan fingerprint density at radius 2 is 1.54 bits per heavy atom. The molecule has 3 aromatic rings. The Labute approximate surface area is 161 Å². The van der Waals surface area contributed by atoms with Crippen molar-refractivity contribution in [1.29, 1.82) is 0 Å². The highest BCUT2D eigenvalue weighted by Crippen LogP contribution is 2.51. The number of esters is 2. The first-order valence-electron chi connectivity index (χ1n) is 9.02. The highest BCUT2D eigenvalue weighted by molar-refractivity contribution is 6.05. The summed E-state index contributed by atoms with van der Waals surface area (Å²) in [6.07, 6.45) is 1.22. The summed E-state index contributed by atoms with van der Waals surface area (Å²) in [5.74, 6) is -2.54. The fourth-order valence-corrected chi connectivity index (χ4v) is 3.68. The van der Waals surface area contributed by atoms with Gasteiger partial charge >= 0.3 is 17.9 Å². The van der Waals surface area contributed by atoms with Crippen LogP contribution in [0.2, 0.25) is 0 Å². The van der Waals surface area contributed by atoms with Crippen molar-refractivity contribution < 1.29 is 24.2 Å². The number of carbonyl (C=O) groups excluding carboxylic acids is 2. The van der Waals surface area contributed by atoms with Crippen molar-refractivity contribution in [2.45, 2.75) is 25.2 Å². The van der Waals surface area contributed by atoms with Gasteiger partial charge in [0, 0.05) is 0 Å². The molecule has 140 valence electrons. The molecular formula is C23H18O5. The third kappa shape index (κ3) is 2.85. The highest BCUT2D eigenvalue weighted by Gasteiger charge is 2.54. The standard InChI is InChI=1S/C23H18O5/c1-14-16(20(24)25)9-5-10-17(14)21(26)28-22(27)23(12-13-23)19-11-4-7-15-6-2-3-8-18(15)19/h2-11H,12-13H2,1H3,(H,24,25). The van der Waals surface area contributed by atoms with Crippen LogP contribution in [0.15, 0.2) is 60.7 Å². The molecule has 0 heterocycles. The lowest BCUT2D eigenvalue weighted by Crippen LogP contribution is -2.26. The number of hydrogen-bond donors (Lipinski definition) is 1. The smallest absolute Gasteiger partial charge is 0.346 e. The zero-order valence-corrected chi connectivity index (χ0v) is 15.3. The maximum atomic E-state index is 12.9. The number of benzene rings is 3. The van der Waals surface area contributed by atoms with Gasteiger partial charge in [-0.05, 0) is 53.8 Å². The summed E-state index contributed by atoms with van der Waals surface area (Å²) in [4.78, 5) is 36.8. The van der Waals surface area contributed by atoms with E-state index in [-0.39, 0.29) is 16.7 Å². The molecule has 4 rings (SSSR count). The first kappa shape index (κ1) is 17.9. The van der Waals surface area contributed by atoms with Crippen LogP contribution in [-0.4, -0.2) is 23.0 Å². The van der Waals surface area contributed by atoms with E-state index >= 15 is 0 Å². The van der Waals surface area contributed by atoms with Gasteiger partial charge in [-0.15, -0.1) is 0 Å². The predicted molar refractivity (Wildman–Crippen MR) is 103 cm³/mol. The van der Waals surface area contributed by atoms with E-state index in [0.29, 0.717) is 12.8 Å². The number of carbonyl (C=O) groups is 3. The summed E-state index contributed by atoms with van der Waals surface area (Å²) >= 11 is 0. The van der Waals surface area contributed by atoms with Crippen LogP contribution in [0.1, 0.15) is 44.7 Å². The summed E-state index contributed by atoms with van der Waals surface area (Å²) in [6, 6.07) is 17.9. The van der Waals surface area contributed by atoms with Gasteiger partial charge in [-0.3, -0.25) is 4.79 Å². The van der Waals surface area contributed by atoms with Crippen LogP contribution in [0.5, 0.6) is 0 Å². The molecule has 3 aromatic carbocycles. The minimum Gasteiger partial charge on any atom is -0.478 e. The van der Waals surface area contributed by atoms with Crippen LogP contribution in [0.3, 0.4) is 0 Å². The van der Waals surface area contributed by atoms with Crippen molar-refractivity contribution in [3.8, 4) is 0 Å². The zero-order chi connectivity index (χ0) is 19.9. The van der Waals surface area contributed by atoms with E-state index in [2.05, 4.69) is 0 Å². The highest BCUT2D eigenvalue weighted by atomic mass is 16.6. The normalized spacial score (nSPS) is 14.5. The number of aromatic carboxylic acids is 1. The van der Waals surface area contributed by atoms with Crippen molar-refractivity contribution in [3.05, 3.63) is 82.9 Å². The second-order valence-corrected chi connectivity index (χ2v) is 7.07.